The third-order valence-electron chi connectivity index (χ3n) is 0.328. The quantitative estimate of drug-likeness (QED) is 0.225. The van der Waals surface area contributed by atoms with Gasteiger partial charge in [-0.1, -0.05) is 0 Å². The first-order chi connectivity index (χ1) is 3.31. The smallest absolute Gasteiger partial charge is 0.213 e. The van der Waals surface area contributed by atoms with Gasteiger partial charge in [0.25, 0.3) is 0 Å². The molecule has 0 aliphatic heterocycles. The molecule has 0 aliphatic carbocycles. The summed E-state index contributed by atoms with van der Waals surface area (Å²) in [4.78, 5) is 3.12. The van der Waals surface area contributed by atoms with Crippen molar-refractivity contribution in [3.05, 3.63) is 12.0 Å². The summed E-state index contributed by atoms with van der Waals surface area (Å²) >= 11 is 0. The number of nitrogens with zero attached hydrogens (tertiary/aromatic N) is 2. The SMILES string of the molecule is C=NC=C(O)C#N. The van der Waals surface area contributed by atoms with Gasteiger partial charge in [-0.15, -0.1) is 0 Å². The van der Waals surface area contributed by atoms with Gasteiger partial charge in [-0.05, 0) is 6.72 Å². The van der Waals surface area contributed by atoms with Crippen LogP contribution in [0, 0.1) is 11.3 Å². The highest BCUT2D eigenvalue weighted by Crippen LogP contribution is 1.80. The molecule has 0 heterocycles. The Morgan fingerprint density at radius 2 is 2.57 bits per heavy atom. The monoisotopic (exact) mass is 96.0 g/mol. The Bertz CT molecular complexity index is 131. The number of hydrogen-bond acceptors (Lipinski definition) is 3. The van der Waals surface area contributed by atoms with Crippen LogP contribution in [0.5, 0.6) is 0 Å². The maximum Gasteiger partial charge on any atom is 0.213 e. The Kier molecular flexibility index (Phi) is 2.37. The first-order valence-corrected chi connectivity index (χ1v) is 1.56. The minimum atomic E-state index is -0.421. The van der Waals surface area contributed by atoms with E-state index in [1.54, 1.807) is 0 Å². The molecule has 0 spiro atoms. The Labute approximate surface area is 41.2 Å². The van der Waals surface area contributed by atoms with Crippen molar-refractivity contribution in [2.24, 2.45) is 4.99 Å². The Morgan fingerprint density at radius 3 is 2.71 bits per heavy atom. The zero-order valence-corrected chi connectivity index (χ0v) is 3.63. The molecule has 0 fully saturated rings. The lowest BCUT2D eigenvalue weighted by Crippen LogP contribution is -1.67. The molecule has 0 bridgehead atoms. The summed E-state index contributed by atoms with van der Waals surface area (Å²) in [5.74, 6) is -0.421. The first-order valence-electron chi connectivity index (χ1n) is 1.56. The van der Waals surface area contributed by atoms with Gasteiger partial charge in [0.15, 0.2) is 0 Å². The van der Waals surface area contributed by atoms with Crippen LogP contribution in [0.25, 0.3) is 0 Å². The van der Waals surface area contributed by atoms with Gasteiger partial charge in [-0.3, -0.25) is 4.99 Å². The van der Waals surface area contributed by atoms with E-state index in [2.05, 4.69) is 11.7 Å². The fourth-order valence-corrected chi connectivity index (χ4v) is 0.115. The minimum absolute atomic E-state index is 0.421. The largest absolute Gasteiger partial charge is 0.498 e. The molecule has 0 amide bonds. The van der Waals surface area contributed by atoms with Crippen LogP contribution in [-0.2, 0) is 0 Å². The number of allylic oxidation sites excluding steroid dienone is 1. The number of aliphatic hydroxyl groups excluding tert-OH is 1. The van der Waals surface area contributed by atoms with Crippen molar-refractivity contribution < 1.29 is 5.11 Å². The number of aliphatic imine (C=N–C) groups is 1. The predicted octanol–water partition coefficient (Wildman–Crippen LogP) is 0.610. The van der Waals surface area contributed by atoms with Gasteiger partial charge < -0.3 is 5.11 Å². The standard InChI is InChI=1S/C4H4N2O/c1-6-3-4(7)2-5/h3,7H,1H2. The topological polar surface area (TPSA) is 56.4 Å². The van der Waals surface area contributed by atoms with Crippen LogP contribution in [0.15, 0.2) is 17.0 Å². The number of rotatable bonds is 1. The van der Waals surface area contributed by atoms with E-state index in [-0.39, 0.29) is 0 Å². The lowest BCUT2D eigenvalue weighted by molar-refractivity contribution is 0.435. The lowest BCUT2D eigenvalue weighted by atomic mass is 10.6. The van der Waals surface area contributed by atoms with Crippen LogP contribution < -0.4 is 0 Å². The van der Waals surface area contributed by atoms with E-state index in [4.69, 9.17) is 10.4 Å². The number of aliphatic hydroxyl groups is 1. The van der Waals surface area contributed by atoms with Gasteiger partial charge in [-0.25, -0.2) is 0 Å². The maximum absolute atomic E-state index is 8.22. The molecule has 36 valence electrons. The lowest BCUT2D eigenvalue weighted by Gasteiger charge is -1.73. The van der Waals surface area contributed by atoms with Crippen LogP contribution in [0.3, 0.4) is 0 Å². The van der Waals surface area contributed by atoms with Crippen molar-refractivity contribution in [2.45, 2.75) is 0 Å². The minimum Gasteiger partial charge on any atom is -0.498 e. The van der Waals surface area contributed by atoms with Crippen LogP contribution in [0.2, 0.25) is 0 Å². The van der Waals surface area contributed by atoms with Crippen LogP contribution >= 0.6 is 0 Å². The molecule has 0 aromatic carbocycles. The van der Waals surface area contributed by atoms with Crippen LogP contribution in [0.4, 0.5) is 0 Å². The fraction of sp³-hybridized carbons (Fsp3) is 0. The van der Waals surface area contributed by atoms with Crippen LogP contribution in [0.1, 0.15) is 0 Å². The van der Waals surface area contributed by atoms with Crippen LogP contribution in [-0.4, -0.2) is 11.8 Å². The highest BCUT2D eigenvalue weighted by Gasteiger charge is 1.78. The van der Waals surface area contributed by atoms with Gasteiger partial charge >= 0.3 is 0 Å². The third-order valence-corrected chi connectivity index (χ3v) is 0.328. The highest BCUT2D eigenvalue weighted by atomic mass is 16.3. The van der Waals surface area contributed by atoms with Crippen molar-refractivity contribution in [2.75, 3.05) is 0 Å². The summed E-state index contributed by atoms with van der Waals surface area (Å²) in [6, 6.07) is 1.45. The fourth-order valence-electron chi connectivity index (χ4n) is 0.115. The summed E-state index contributed by atoms with van der Waals surface area (Å²) in [6.45, 7) is 3.01. The molecule has 7 heavy (non-hydrogen) atoms. The van der Waals surface area contributed by atoms with Crippen molar-refractivity contribution in [1.29, 1.82) is 5.26 Å². The second kappa shape index (κ2) is 2.91. The second-order valence-electron chi connectivity index (χ2n) is 0.809. The normalized spacial score (nSPS) is 9.86. The molecule has 0 aromatic rings. The first kappa shape index (κ1) is 5.70. The number of nitriles is 1. The van der Waals surface area contributed by atoms with E-state index in [9.17, 15) is 0 Å². The molecular formula is C4H4N2O. The molecule has 3 heteroatoms. The zero-order valence-electron chi connectivity index (χ0n) is 3.63. The summed E-state index contributed by atoms with van der Waals surface area (Å²) in [5, 5.41) is 16.0. The van der Waals surface area contributed by atoms with Gasteiger partial charge in [0.1, 0.15) is 6.07 Å². The Balaban J connectivity index is 3.80. The Morgan fingerprint density at radius 1 is 2.00 bits per heavy atom. The van der Waals surface area contributed by atoms with Crippen molar-refractivity contribution in [3.8, 4) is 6.07 Å². The highest BCUT2D eigenvalue weighted by molar-refractivity contribution is 5.27. The van der Waals surface area contributed by atoms with E-state index in [0.717, 1.165) is 6.20 Å². The van der Waals surface area contributed by atoms with E-state index in [0.29, 0.717) is 0 Å². The van der Waals surface area contributed by atoms with E-state index >= 15 is 0 Å². The van der Waals surface area contributed by atoms with Crippen molar-refractivity contribution in [1.82, 2.24) is 0 Å². The molecule has 0 radical (unpaired) electrons. The summed E-state index contributed by atoms with van der Waals surface area (Å²) in [6.07, 6.45) is 0.972. The summed E-state index contributed by atoms with van der Waals surface area (Å²) < 4.78 is 0. The maximum atomic E-state index is 8.22. The third kappa shape index (κ3) is 2.50. The van der Waals surface area contributed by atoms with Crippen molar-refractivity contribution in [3.63, 3.8) is 0 Å². The van der Waals surface area contributed by atoms with E-state index < -0.39 is 5.76 Å². The molecule has 3 nitrogen and oxygen atoms in total. The molecular weight excluding hydrogens is 92.1 g/mol. The molecule has 0 unspecified atom stereocenters. The molecule has 0 saturated heterocycles. The van der Waals surface area contributed by atoms with E-state index in [1.165, 1.54) is 6.07 Å². The average molecular weight is 96.1 g/mol. The molecule has 0 rings (SSSR count). The zero-order chi connectivity index (χ0) is 5.70. The summed E-state index contributed by atoms with van der Waals surface area (Å²) in [5.41, 5.74) is 0. The molecule has 0 saturated carbocycles. The molecule has 1 N–H and O–H groups in total. The molecule has 0 aromatic heterocycles. The predicted molar refractivity (Wildman–Crippen MR) is 25.9 cm³/mol. The van der Waals surface area contributed by atoms with Crippen molar-refractivity contribution >= 4 is 6.72 Å². The van der Waals surface area contributed by atoms with Gasteiger partial charge in [-0.2, -0.15) is 5.26 Å². The van der Waals surface area contributed by atoms with Gasteiger partial charge in [0, 0.05) is 0 Å². The van der Waals surface area contributed by atoms with E-state index in [1.807, 2.05) is 0 Å². The average Bonchev–Trinajstić information content (AvgIpc) is 1.68. The molecule has 0 aliphatic rings. The number of hydrogen-bond donors (Lipinski definition) is 1. The summed E-state index contributed by atoms with van der Waals surface area (Å²) in [7, 11) is 0. The Hall–Kier alpha value is -1.30. The second-order valence-corrected chi connectivity index (χ2v) is 0.809. The van der Waals surface area contributed by atoms with Gasteiger partial charge in [0.2, 0.25) is 5.76 Å². The van der Waals surface area contributed by atoms with Gasteiger partial charge in [0.05, 0.1) is 6.20 Å². The molecule has 0 atom stereocenters.